The summed E-state index contributed by atoms with van der Waals surface area (Å²) in [5.41, 5.74) is 4.28. The first kappa shape index (κ1) is 27.0. The zero-order chi connectivity index (χ0) is 28.2. The third-order valence-electron chi connectivity index (χ3n) is 8.35. The summed E-state index contributed by atoms with van der Waals surface area (Å²) >= 11 is 0. The highest BCUT2D eigenvalue weighted by molar-refractivity contribution is 5.99. The lowest BCUT2D eigenvalue weighted by molar-refractivity contribution is 0.0930. The van der Waals surface area contributed by atoms with Crippen LogP contribution in [0.4, 0.5) is 9.18 Å². The molecule has 0 spiro atoms. The second-order valence-electron chi connectivity index (χ2n) is 11.2. The molecule has 0 bridgehead atoms. The number of amides is 2. The maximum atomic E-state index is 13.3. The van der Waals surface area contributed by atoms with Crippen molar-refractivity contribution < 1.29 is 18.7 Å². The van der Waals surface area contributed by atoms with Crippen molar-refractivity contribution >= 4 is 22.9 Å². The van der Waals surface area contributed by atoms with Crippen molar-refractivity contribution in [3.05, 3.63) is 95.9 Å². The number of nitrogens with zero attached hydrogens (tertiary/aromatic N) is 1. The molecule has 1 atom stereocenters. The van der Waals surface area contributed by atoms with E-state index in [9.17, 15) is 14.0 Å². The molecule has 7 nitrogen and oxygen atoms in total. The first-order valence-corrected chi connectivity index (χ1v) is 14.4. The second-order valence-corrected chi connectivity index (χ2v) is 11.2. The number of rotatable bonds is 7. The van der Waals surface area contributed by atoms with Crippen LogP contribution in [0.3, 0.4) is 0 Å². The van der Waals surface area contributed by atoms with Crippen molar-refractivity contribution in [3.8, 4) is 11.1 Å². The number of likely N-dealkylation sites (tertiary alicyclic amines) is 1. The Kier molecular flexibility index (Phi) is 8.00. The van der Waals surface area contributed by atoms with Gasteiger partial charge in [-0.15, -0.1) is 0 Å². The number of nitrogens with one attached hydrogen (secondary N) is 3. The van der Waals surface area contributed by atoms with E-state index in [1.54, 1.807) is 12.1 Å². The summed E-state index contributed by atoms with van der Waals surface area (Å²) < 4.78 is 18.7. The summed E-state index contributed by atoms with van der Waals surface area (Å²) in [4.78, 5) is 31.1. The van der Waals surface area contributed by atoms with E-state index in [1.165, 1.54) is 12.1 Å². The minimum absolute atomic E-state index is 0.0988. The van der Waals surface area contributed by atoms with Gasteiger partial charge in [0.2, 0.25) is 0 Å². The quantitative estimate of drug-likeness (QED) is 0.261. The Morgan fingerprint density at radius 3 is 2.39 bits per heavy atom. The monoisotopic (exact) mass is 554 g/mol. The average Bonchev–Trinajstić information content (AvgIpc) is 3.64. The number of aromatic nitrogens is 1. The summed E-state index contributed by atoms with van der Waals surface area (Å²) in [6.45, 7) is 2.07. The Labute approximate surface area is 239 Å². The number of benzene rings is 3. The van der Waals surface area contributed by atoms with Crippen molar-refractivity contribution in [3.63, 3.8) is 0 Å². The van der Waals surface area contributed by atoms with E-state index in [2.05, 4.69) is 20.5 Å². The minimum atomic E-state index is -0.357. The molecule has 6 rings (SSSR count). The van der Waals surface area contributed by atoms with Gasteiger partial charge in [-0.3, -0.25) is 9.69 Å². The molecule has 41 heavy (non-hydrogen) atoms. The van der Waals surface area contributed by atoms with Crippen LogP contribution in [0.2, 0.25) is 0 Å². The Morgan fingerprint density at radius 1 is 0.854 bits per heavy atom. The van der Waals surface area contributed by atoms with Crippen LogP contribution in [-0.4, -0.2) is 53.1 Å². The third-order valence-corrected chi connectivity index (χ3v) is 8.35. The van der Waals surface area contributed by atoms with Gasteiger partial charge in [-0.25, -0.2) is 9.18 Å². The SMILES string of the molecule is O=C(NC1CCC(N2CC[C@H](NC(=O)c3cc4ccc(-c5ccc(F)cc5)cc4[nH]3)C2)CC1)OCc1ccccc1. The Morgan fingerprint density at radius 2 is 1.61 bits per heavy atom. The Bertz CT molecular complexity index is 1500. The smallest absolute Gasteiger partial charge is 0.407 e. The van der Waals surface area contributed by atoms with E-state index < -0.39 is 0 Å². The standard InChI is InChI=1S/C33H35FN4O3/c34-26-10-8-23(9-11-26)24-6-7-25-19-31(37-30(25)18-24)32(39)35-28-16-17-38(20-28)29-14-12-27(13-15-29)36-33(40)41-21-22-4-2-1-3-5-22/h1-11,18-19,27-29,37H,12-17,20-21H2,(H,35,39)(H,36,40)/t27?,28-,29?/m0/s1. The highest BCUT2D eigenvalue weighted by Gasteiger charge is 2.32. The van der Waals surface area contributed by atoms with Gasteiger partial charge in [-0.2, -0.15) is 0 Å². The zero-order valence-electron chi connectivity index (χ0n) is 22.9. The molecule has 0 radical (unpaired) electrons. The molecule has 2 amide bonds. The predicted molar refractivity (Wildman–Crippen MR) is 157 cm³/mol. The number of hydrogen-bond donors (Lipinski definition) is 3. The van der Waals surface area contributed by atoms with Gasteiger partial charge in [0.05, 0.1) is 0 Å². The first-order chi connectivity index (χ1) is 20.0. The van der Waals surface area contributed by atoms with Crippen molar-refractivity contribution in [1.29, 1.82) is 0 Å². The van der Waals surface area contributed by atoms with Gasteiger partial charge < -0.3 is 20.4 Å². The van der Waals surface area contributed by atoms with Gasteiger partial charge >= 0.3 is 6.09 Å². The summed E-state index contributed by atoms with van der Waals surface area (Å²) in [6.07, 6.45) is 4.45. The molecule has 2 heterocycles. The van der Waals surface area contributed by atoms with E-state index in [1.807, 2.05) is 54.6 Å². The topological polar surface area (TPSA) is 86.5 Å². The van der Waals surface area contributed by atoms with Crippen molar-refractivity contribution in [2.75, 3.05) is 13.1 Å². The fourth-order valence-corrected chi connectivity index (χ4v) is 6.09. The number of alkyl carbamates (subject to hydrolysis) is 1. The molecule has 1 aliphatic carbocycles. The van der Waals surface area contributed by atoms with Crippen LogP contribution in [-0.2, 0) is 11.3 Å². The number of H-pyrrole nitrogens is 1. The van der Waals surface area contributed by atoms with E-state index in [0.717, 1.165) is 72.8 Å². The van der Waals surface area contributed by atoms with Crippen LogP contribution in [0.5, 0.6) is 0 Å². The molecule has 3 N–H and O–H groups in total. The molecule has 1 aliphatic heterocycles. The molecular formula is C33H35FN4O3. The Hall–Kier alpha value is -4.17. The molecule has 2 aliphatic rings. The van der Waals surface area contributed by atoms with Crippen molar-refractivity contribution in [2.24, 2.45) is 0 Å². The van der Waals surface area contributed by atoms with Crippen LogP contribution in [0, 0.1) is 5.82 Å². The van der Waals surface area contributed by atoms with E-state index in [4.69, 9.17) is 4.74 Å². The number of hydrogen-bond acceptors (Lipinski definition) is 4. The maximum Gasteiger partial charge on any atom is 0.407 e. The molecular weight excluding hydrogens is 519 g/mol. The molecule has 212 valence electrons. The lowest BCUT2D eigenvalue weighted by Crippen LogP contribution is -2.44. The molecule has 1 saturated heterocycles. The third kappa shape index (κ3) is 6.60. The van der Waals surface area contributed by atoms with Crippen molar-refractivity contribution in [1.82, 2.24) is 20.5 Å². The number of ether oxygens (including phenoxy) is 1. The van der Waals surface area contributed by atoms with E-state index >= 15 is 0 Å². The molecule has 2 fully saturated rings. The van der Waals surface area contributed by atoms with Crippen LogP contribution in [0.1, 0.15) is 48.2 Å². The number of aromatic amines is 1. The van der Waals surface area contributed by atoms with Gasteiger partial charge in [-0.1, -0.05) is 54.6 Å². The van der Waals surface area contributed by atoms with Crippen LogP contribution < -0.4 is 10.6 Å². The second kappa shape index (κ2) is 12.1. The lowest BCUT2D eigenvalue weighted by atomic mass is 9.90. The molecule has 4 aromatic rings. The molecule has 1 saturated carbocycles. The number of carbonyl (C=O) groups is 2. The number of carbonyl (C=O) groups excluding carboxylic acids is 2. The van der Waals surface area contributed by atoms with Gasteiger partial charge in [0.1, 0.15) is 18.1 Å². The fourth-order valence-electron chi connectivity index (χ4n) is 6.09. The summed E-state index contributed by atoms with van der Waals surface area (Å²) in [5, 5.41) is 7.20. The average molecular weight is 555 g/mol. The molecule has 0 unspecified atom stereocenters. The maximum absolute atomic E-state index is 13.3. The predicted octanol–water partition coefficient (Wildman–Crippen LogP) is 6.02. The van der Waals surface area contributed by atoms with Crippen LogP contribution >= 0.6 is 0 Å². The fraction of sp³-hybridized carbons (Fsp3) is 0.333. The summed E-state index contributed by atoms with van der Waals surface area (Å²) in [5.74, 6) is -0.362. The van der Waals surface area contributed by atoms with Gasteiger partial charge in [0.15, 0.2) is 0 Å². The number of halogens is 1. The lowest BCUT2D eigenvalue weighted by Gasteiger charge is -2.34. The highest BCUT2D eigenvalue weighted by Crippen LogP contribution is 2.28. The van der Waals surface area contributed by atoms with Gasteiger partial charge in [0, 0.05) is 42.1 Å². The number of fused-ring (bicyclic) bond motifs is 1. The molecule has 8 heteroatoms. The van der Waals surface area contributed by atoms with Crippen LogP contribution in [0.25, 0.3) is 22.0 Å². The van der Waals surface area contributed by atoms with Gasteiger partial charge in [0.25, 0.3) is 5.91 Å². The Balaban J connectivity index is 0.962. The van der Waals surface area contributed by atoms with E-state index in [0.29, 0.717) is 11.7 Å². The summed E-state index contributed by atoms with van der Waals surface area (Å²) in [7, 11) is 0. The zero-order valence-corrected chi connectivity index (χ0v) is 22.9. The molecule has 3 aromatic carbocycles. The van der Waals surface area contributed by atoms with Crippen LogP contribution in [0.15, 0.2) is 78.9 Å². The largest absolute Gasteiger partial charge is 0.445 e. The minimum Gasteiger partial charge on any atom is -0.445 e. The summed E-state index contributed by atoms with van der Waals surface area (Å²) in [6, 6.07) is 24.6. The van der Waals surface area contributed by atoms with Crippen molar-refractivity contribution in [2.45, 2.75) is 56.8 Å². The molecule has 1 aromatic heterocycles. The normalized spacial score (nSPS) is 21.0. The first-order valence-electron chi connectivity index (χ1n) is 14.4. The highest BCUT2D eigenvalue weighted by atomic mass is 19.1. The van der Waals surface area contributed by atoms with Gasteiger partial charge in [-0.05, 0) is 73.1 Å². The van der Waals surface area contributed by atoms with E-state index in [-0.39, 0.29) is 36.5 Å².